The first-order chi connectivity index (χ1) is 11.9. The van der Waals surface area contributed by atoms with Gasteiger partial charge < -0.3 is 5.32 Å². The lowest BCUT2D eigenvalue weighted by atomic mass is 9.76. The maximum atomic E-state index is 13.1. The maximum Gasteiger partial charge on any atom is 0.250 e. The molecule has 4 rings (SSSR count). The summed E-state index contributed by atoms with van der Waals surface area (Å²) in [7, 11) is 0. The maximum absolute atomic E-state index is 13.1. The van der Waals surface area contributed by atoms with E-state index in [2.05, 4.69) is 10.6 Å². The number of anilines is 1. The number of imide groups is 1. The van der Waals surface area contributed by atoms with Crippen LogP contribution in [0.4, 0.5) is 5.69 Å². The summed E-state index contributed by atoms with van der Waals surface area (Å²) < 4.78 is 0. The van der Waals surface area contributed by atoms with E-state index in [1.165, 1.54) is 4.90 Å². The van der Waals surface area contributed by atoms with Gasteiger partial charge in [-0.3, -0.25) is 24.6 Å². The van der Waals surface area contributed by atoms with Gasteiger partial charge in [-0.25, -0.2) is 0 Å². The zero-order chi connectivity index (χ0) is 17.9. The highest BCUT2D eigenvalue weighted by molar-refractivity contribution is 6.15. The molecule has 2 N–H and O–H groups in total. The van der Waals surface area contributed by atoms with Gasteiger partial charge in [0.1, 0.15) is 5.54 Å². The standard InChI is InChI=1S/C19H23N3O3/c1-4-5-9-22-16(23)13-11(3)21-19(14(13)17(22)24)12-8-6-7-10(2)15(12)20-18(19)25/h6-8,11,13-14,21H,4-5,9H2,1-3H3,(H,20,25)/t11-,13+,14-,19-/m0/s1. The van der Waals surface area contributed by atoms with E-state index in [0.717, 1.165) is 29.7 Å². The SMILES string of the molecule is CCCCN1C(=O)[C@@H]2[C@H](C)N[C@]3(C(=O)Nc4c(C)cccc43)[C@@H]2C1=O. The van der Waals surface area contributed by atoms with E-state index in [9.17, 15) is 14.4 Å². The Kier molecular flexibility index (Phi) is 3.51. The summed E-state index contributed by atoms with van der Waals surface area (Å²) in [6.07, 6.45) is 1.70. The average Bonchev–Trinajstić information content (AvgIpc) is 3.13. The minimum Gasteiger partial charge on any atom is -0.324 e. The number of rotatable bonds is 3. The summed E-state index contributed by atoms with van der Waals surface area (Å²) >= 11 is 0. The molecule has 3 aliphatic rings. The van der Waals surface area contributed by atoms with Gasteiger partial charge in [0.05, 0.1) is 11.8 Å². The number of amides is 3. The summed E-state index contributed by atoms with van der Waals surface area (Å²) in [5, 5.41) is 6.26. The number of carbonyl (C=O) groups is 3. The van der Waals surface area contributed by atoms with Crippen molar-refractivity contribution in [3.63, 3.8) is 0 Å². The molecule has 25 heavy (non-hydrogen) atoms. The number of nitrogens with one attached hydrogen (secondary N) is 2. The second kappa shape index (κ2) is 5.39. The number of unbranched alkanes of at least 4 members (excludes halogenated alkanes) is 1. The number of fused-ring (bicyclic) bond motifs is 4. The topological polar surface area (TPSA) is 78.5 Å². The summed E-state index contributed by atoms with van der Waals surface area (Å²) in [6.45, 7) is 6.29. The van der Waals surface area contributed by atoms with E-state index in [0.29, 0.717) is 6.54 Å². The van der Waals surface area contributed by atoms with Crippen molar-refractivity contribution in [2.75, 3.05) is 11.9 Å². The minimum atomic E-state index is -1.14. The molecule has 2 fully saturated rings. The second-order valence-corrected chi connectivity index (χ2v) is 7.38. The van der Waals surface area contributed by atoms with E-state index in [4.69, 9.17) is 0 Å². The molecule has 0 aliphatic carbocycles. The molecule has 1 spiro atoms. The Morgan fingerprint density at radius 3 is 2.68 bits per heavy atom. The van der Waals surface area contributed by atoms with E-state index < -0.39 is 17.4 Å². The third-order valence-electron chi connectivity index (χ3n) is 5.93. The molecule has 132 valence electrons. The Morgan fingerprint density at radius 2 is 1.96 bits per heavy atom. The molecule has 6 heteroatoms. The molecule has 0 aromatic heterocycles. The Balaban J connectivity index is 1.84. The van der Waals surface area contributed by atoms with Gasteiger partial charge in [0.25, 0.3) is 0 Å². The molecule has 4 atom stereocenters. The van der Waals surface area contributed by atoms with E-state index >= 15 is 0 Å². The van der Waals surface area contributed by atoms with Crippen LogP contribution in [0.5, 0.6) is 0 Å². The lowest BCUT2D eigenvalue weighted by Crippen LogP contribution is -2.52. The normalized spacial score (nSPS) is 33.2. The number of hydrogen-bond acceptors (Lipinski definition) is 4. The van der Waals surface area contributed by atoms with Crippen LogP contribution in [-0.2, 0) is 19.9 Å². The van der Waals surface area contributed by atoms with Crippen molar-refractivity contribution in [1.82, 2.24) is 10.2 Å². The van der Waals surface area contributed by atoms with Crippen molar-refractivity contribution in [2.45, 2.75) is 45.2 Å². The van der Waals surface area contributed by atoms with Gasteiger partial charge in [-0.1, -0.05) is 31.5 Å². The average molecular weight is 341 g/mol. The second-order valence-electron chi connectivity index (χ2n) is 7.38. The summed E-state index contributed by atoms with van der Waals surface area (Å²) in [6, 6.07) is 5.48. The number of nitrogens with zero attached hydrogens (tertiary/aromatic N) is 1. The molecule has 6 nitrogen and oxygen atoms in total. The fourth-order valence-corrected chi connectivity index (χ4v) is 4.73. The molecule has 1 aromatic rings. The monoisotopic (exact) mass is 341 g/mol. The molecule has 3 heterocycles. The number of aryl methyl sites for hydroxylation is 1. The highest BCUT2D eigenvalue weighted by atomic mass is 16.2. The van der Waals surface area contributed by atoms with Gasteiger partial charge in [-0.2, -0.15) is 0 Å². The predicted octanol–water partition coefficient (Wildman–Crippen LogP) is 1.54. The van der Waals surface area contributed by atoms with Crippen LogP contribution in [0.15, 0.2) is 18.2 Å². The molecule has 1 aromatic carbocycles. The van der Waals surface area contributed by atoms with Crippen LogP contribution >= 0.6 is 0 Å². The van der Waals surface area contributed by atoms with Crippen LogP contribution in [0, 0.1) is 18.8 Å². The van der Waals surface area contributed by atoms with Gasteiger partial charge in [0.15, 0.2) is 0 Å². The minimum absolute atomic E-state index is 0.144. The third kappa shape index (κ3) is 1.91. The number of para-hydroxylation sites is 1. The van der Waals surface area contributed by atoms with E-state index in [-0.39, 0.29) is 23.8 Å². The first-order valence-corrected chi connectivity index (χ1v) is 8.98. The predicted molar refractivity (Wildman–Crippen MR) is 92.7 cm³/mol. The first-order valence-electron chi connectivity index (χ1n) is 8.98. The molecule has 3 aliphatic heterocycles. The Bertz CT molecular complexity index is 790. The molecule has 0 bridgehead atoms. The van der Waals surface area contributed by atoms with Gasteiger partial charge in [-0.15, -0.1) is 0 Å². The molecule has 0 saturated carbocycles. The van der Waals surface area contributed by atoms with Crippen molar-refractivity contribution in [3.8, 4) is 0 Å². The van der Waals surface area contributed by atoms with Crippen molar-refractivity contribution >= 4 is 23.4 Å². The van der Waals surface area contributed by atoms with Gasteiger partial charge in [0, 0.05) is 23.8 Å². The lowest BCUT2D eigenvalue weighted by Gasteiger charge is -2.29. The van der Waals surface area contributed by atoms with Crippen molar-refractivity contribution in [2.24, 2.45) is 11.8 Å². The van der Waals surface area contributed by atoms with Crippen LogP contribution in [0.2, 0.25) is 0 Å². The largest absolute Gasteiger partial charge is 0.324 e. The number of hydrogen-bond donors (Lipinski definition) is 2. The molecular formula is C19H23N3O3. The molecule has 0 radical (unpaired) electrons. The number of carbonyl (C=O) groups excluding carboxylic acids is 3. The highest BCUT2D eigenvalue weighted by Gasteiger charge is 2.69. The Hall–Kier alpha value is -2.21. The van der Waals surface area contributed by atoms with Crippen molar-refractivity contribution in [3.05, 3.63) is 29.3 Å². The molecule has 3 amide bonds. The van der Waals surface area contributed by atoms with Crippen LogP contribution in [0.25, 0.3) is 0 Å². The van der Waals surface area contributed by atoms with Gasteiger partial charge >= 0.3 is 0 Å². The number of likely N-dealkylation sites (tertiary alicyclic amines) is 1. The van der Waals surface area contributed by atoms with E-state index in [1.54, 1.807) is 0 Å². The molecule has 0 unspecified atom stereocenters. The Morgan fingerprint density at radius 1 is 1.20 bits per heavy atom. The van der Waals surface area contributed by atoms with Crippen LogP contribution in [-0.4, -0.2) is 35.2 Å². The molecule has 2 saturated heterocycles. The van der Waals surface area contributed by atoms with Crippen LogP contribution in [0.3, 0.4) is 0 Å². The fourth-order valence-electron chi connectivity index (χ4n) is 4.73. The summed E-state index contributed by atoms with van der Waals surface area (Å²) in [5.74, 6) is -1.75. The zero-order valence-electron chi connectivity index (χ0n) is 14.8. The van der Waals surface area contributed by atoms with Gasteiger partial charge in [0.2, 0.25) is 17.7 Å². The Labute approximate surface area is 147 Å². The quantitative estimate of drug-likeness (QED) is 0.818. The van der Waals surface area contributed by atoms with E-state index in [1.807, 2.05) is 39.0 Å². The van der Waals surface area contributed by atoms with Crippen LogP contribution < -0.4 is 10.6 Å². The lowest BCUT2D eigenvalue weighted by molar-refractivity contribution is -0.142. The summed E-state index contributed by atoms with van der Waals surface area (Å²) in [5.41, 5.74) is 1.37. The zero-order valence-corrected chi connectivity index (χ0v) is 14.8. The first kappa shape index (κ1) is 16.3. The van der Waals surface area contributed by atoms with Gasteiger partial charge in [-0.05, 0) is 25.8 Å². The number of benzene rings is 1. The van der Waals surface area contributed by atoms with Crippen molar-refractivity contribution < 1.29 is 14.4 Å². The van der Waals surface area contributed by atoms with Crippen molar-refractivity contribution in [1.29, 1.82) is 0 Å². The summed E-state index contributed by atoms with van der Waals surface area (Å²) in [4.78, 5) is 40.4. The third-order valence-corrected chi connectivity index (χ3v) is 5.93. The smallest absolute Gasteiger partial charge is 0.250 e. The van der Waals surface area contributed by atoms with Crippen LogP contribution in [0.1, 0.15) is 37.8 Å². The molecular weight excluding hydrogens is 318 g/mol. The fraction of sp³-hybridized carbons (Fsp3) is 0.526. The highest BCUT2D eigenvalue weighted by Crippen LogP contribution is 2.53.